The van der Waals surface area contributed by atoms with Gasteiger partial charge in [0.15, 0.2) is 0 Å². The van der Waals surface area contributed by atoms with Crippen molar-refractivity contribution in [2.75, 3.05) is 7.05 Å². The molecule has 1 amide bonds. The lowest BCUT2D eigenvalue weighted by Gasteiger charge is -2.17. The van der Waals surface area contributed by atoms with Crippen molar-refractivity contribution < 1.29 is 4.79 Å². The Morgan fingerprint density at radius 2 is 2.05 bits per heavy atom. The molecule has 19 heavy (non-hydrogen) atoms. The number of aromatic nitrogens is 2. The first-order chi connectivity index (χ1) is 9.17. The second kappa shape index (κ2) is 5.69. The van der Waals surface area contributed by atoms with Gasteiger partial charge in [0, 0.05) is 12.7 Å². The van der Waals surface area contributed by atoms with E-state index >= 15 is 0 Å². The second-order valence-corrected chi connectivity index (χ2v) is 4.53. The molecule has 2 rings (SSSR count). The van der Waals surface area contributed by atoms with Gasteiger partial charge in [0.05, 0.1) is 6.04 Å². The zero-order chi connectivity index (χ0) is 13.8. The molecule has 1 N–H and O–H groups in total. The number of hydrogen-bond acceptors (Lipinski definition) is 2. The lowest BCUT2D eigenvalue weighted by Crippen LogP contribution is -2.19. The predicted molar refractivity (Wildman–Crippen MR) is 75.2 cm³/mol. The van der Waals surface area contributed by atoms with E-state index in [0.717, 1.165) is 12.1 Å². The quantitative estimate of drug-likeness (QED) is 0.915. The van der Waals surface area contributed by atoms with Crippen LogP contribution in [0.25, 0.3) is 0 Å². The maximum absolute atomic E-state index is 11.6. The summed E-state index contributed by atoms with van der Waals surface area (Å²) in [5, 5.41) is 7.04. The normalized spacial score (nSPS) is 12.2. The van der Waals surface area contributed by atoms with Gasteiger partial charge in [-0.05, 0) is 25.0 Å². The van der Waals surface area contributed by atoms with E-state index in [0.29, 0.717) is 5.69 Å². The van der Waals surface area contributed by atoms with Crippen LogP contribution in [0.5, 0.6) is 0 Å². The molecule has 0 bridgehead atoms. The fraction of sp³-hybridized carbons (Fsp3) is 0.333. The number of benzene rings is 1. The topological polar surface area (TPSA) is 46.9 Å². The first-order valence-corrected chi connectivity index (χ1v) is 6.50. The van der Waals surface area contributed by atoms with Gasteiger partial charge in [-0.1, -0.05) is 37.3 Å². The number of carbonyl (C=O) groups is 1. The number of amides is 1. The van der Waals surface area contributed by atoms with Gasteiger partial charge < -0.3 is 5.32 Å². The summed E-state index contributed by atoms with van der Waals surface area (Å²) in [7, 11) is 1.62. The minimum absolute atomic E-state index is 0.148. The van der Waals surface area contributed by atoms with Gasteiger partial charge in [0.2, 0.25) is 0 Å². The van der Waals surface area contributed by atoms with Gasteiger partial charge in [0.1, 0.15) is 5.69 Å². The minimum Gasteiger partial charge on any atom is -0.354 e. The Kier molecular flexibility index (Phi) is 4.00. The van der Waals surface area contributed by atoms with Crippen molar-refractivity contribution >= 4 is 5.91 Å². The van der Waals surface area contributed by atoms with Crippen LogP contribution in [0.2, 0.25) is 0 Å². The minimum atomic E-state index is -0.148. The molecule has 2 aromatic rings. The summed E-state index contributed by atoms with van der Waals surface area (Å²) in [5.41, 5.74) is 2.67. The van der Waals surface area contributed by atoms with Gasteiger partial charge in [-0.3, -0.25) is 9.48 Å². The number of hydrogen-bond donors (Lipinski definition) is 1. The standard InChI is InChI=1S/C15H19N3O/c1-4-14(12-8-6-5-7-9-12)18-11(2)10-13(17-18)15(19)16-3/h5-10,14H,4H2,1-3H3,(H,16,19). The third kappa shape index (κ3) is 2.67. The molecule has 0 radical (unpaired) electrons. The van der Waals surface area contributed by atoms with E-state index in [2.05, 4.69) is 29.5 Å². The zero-order valence-corrected chi connectivity index (χ0v) is 11.6. The van der Waals surface area contributed by atoms with Crippen molar-refractivity contribution in [3.05, 3.63) is 53.3 Å². The van der Waals surface area contributed by atoms with E-state index in [1.54, 1.807) is 7.05 Å². The number of nitrogens with zero attached hydrogens (tertiary/aromatic N) is 2. The molecule has 1 aromatic heterocycles. The summed E-state index contributed by atoms with van der Waals surface area (Å²) in [6.07, 6.45) is 0.930. The molecule has 4 heteroatoms. The van der Waals surface area contributed by atoms with Crippen molar-refractivity contribution in [2.45, 2.75) is 26.3 Å². The van der Waals surface area contributed by atoms with E-state index in [1.807, 2.05) is 35.9 Å². The van der Waals surface area contributed by atoms with Gasteiger partial charge >= 0.3 is 0 Å². The van der Waals surface area contributed by atoms with Gasteiger partial charge in [-0.25, -0.2) is 0 Å². The van der Waals surface area contributed by atoms with Crippen molar-refractivity contribution in [2.24, 2.45) is 0 Å². The van der Waals surface area contributed by atoms with Crippen molar-refractivity contribution in [1.29, 1.82) is 0 Å². The molecule has 1 unspecified atom stereocenters. The van der Waals surface area contributed by atoms with Crippen LogP contribution in [0, 0.1) is 6.92 Å². The fourth-order valence-electron chi connectivity index (χ4n) is 2.27. The molecule has 1 atom stereocenters. The van der Waals surface area contributed by atoms with Crippen LogP contribution in [-0.2, 0) is 0 Å². The van der Waals surface area contributed by atoms with Crippen LogP contribution in [0.15, 0.2) is 36.4 Å². The molecule has 0 fully saturated rings. The molecule has 1 aromatic carbocycles. The summed E-state index contributed by atoms with van der Waals surface area (Å²) < 4.78 is 1.93. The molecular formula is C15H19N3O. The van der Waals surface area contributed by atoms with E-state index in [9.17, 15) is 4.79 Å². The summed E-state index contributed by atoms with van der Waals surface area (Å²) in [6, 6.07) is 12.2. The highest BCUT2D eigenvalue weighted by Crippen LogP contribution is 2.23. The predicted octanol–water partition coefficient (Wildman–Crippen LogP) is 2.55. The summed E-state index contributed by atoms with van der Waals surface area (Å²) in [4.78, 5) is 11.6. The third-order valence-corrected chi connectivity index (χ3v) is 3.25. The highest BCUT2D eigenvalue weighted by atomic mass is 16.1. The Balaban J connectivity index is 2.39. The van der Waals surface area contributed by atoms with Crippen molar-refractivity contribution in [3.8, 4) is 0 Å². The monoisotopic (exact) mass is 257 g/mol. The first-order valence-electron chi connectivity index (χ1n) is 6.50. The van der Waals surface area contributed by atoms with E-state index in [-0.39, 0.29) is 11.9 Å². The summed E-state index contributed by atoms with van der Waals surface area (Å²) in [5.74, 6) is -0.148. The first kappa shape index (κ1) is 13.3. The lowest BCUT2D eigenvalue weighted by atomic mass is 10.0. The SMILES string of the molecule is CCC(c1ccccc1)n1nc(C(=O)NC)cc1C. The second-order valence-electron chi connectivity index (χ2n) is 4.53. The highest BCUT2D eigenvalue weighted by Gasteiger charge is 2.17. The van der Waals surface area contributed by atoms with Crippen LogP contribution in [0.3, 0.4) is 0 Å². The molecule has 0 saturated carbocycles. The Morgan fingerprint density at radius 1 is 1.37 bits per heavy atom. The van der Waals surface area contributed by atoms with E-state index in [1.165, 1.54) is 5.56 Å². The Labute approximate surface area is 113 Å². The summed E-state index contributed by atoms with van der Waals surface area (Å²) >= 11 is 0. The molecule has 4 nitrogen and oxygen atoms in total. The molecule has 0 aliphatic carbocycles. The molecule has 0 saturated heterocycles. The van der Waals surface area contributed by atoms with Gasteiger partial charge in [-0.2, -0.15) is 5.10 Å². The highest BCUT2D eigenvalue weighted by molar-refractivity contribution is 5.92. The summed E-state index contributed by atoms with van der Waals surface area (Å²) in [6.45, 7) is 4.10. The number of carbonyl (C=O) groups excluding carboxylic acids is 1. The number of rotatable bonds is 4. The van der Waals surface area contributed by atoms with E-state index in [4.69, 9.17) is 0 Å². The number of aryl methyl sites for hydroxylation is 1. The third-order valence-electron chi connectivity index (χ3n) is 3.25. The molecule has 0 aliphatic rings. The van der Waals surface area contributed by atoms with Crippen LogP contribution in [0.4, 0.5) is 0 Å². The average molecular weight is 257 g/mol. The zero-order valence-electron chi connectivity index (χ0n) is 11.6. The van der Waals surface area contributed by atoms with Crippen molar-refractivity contribution in [1.82, 2.24) is 15.1 Å². The maximum atomic E-state index is 11.6. The van der Waals surface area contributed by atoms with Gasteiger partial charge in [0.25, 0.3) is 5.91 Å². The fourth-order valence-corrected chi connectivity index (χ4v) is 2.27. The van der Waals surface area contributed by atoms with Crippen LogP contribution >= 0.6 is 0 Å². The Bertz CT molecular complexity index is 560. The average Bonchev–Trinajstić information content (AvgIpc) is 2.82. The molecule has 100 valence electrons. The van der Waals surface area contributed by atoms with Crippen LogP contribution < -0.4 is 5.32 Å². The van der Waals surface area contributed by atoms with E-state index < -0.39 is 0 Å². The van der Waals surface area contributed by atoms with Gasteiger partial charge in [-0.15, -0.1) is 0 Å². The lowest BCUT2D eigenvalue weighted by molar-refractivity contribution is 0.0957. The molecule has 1 heterocycles. The largest absolute Gasteiger partial charge is 0.354 e. The van der Waals surface area contributed by atoms with Crippen molar-refractivity contribution in [3.63, 3.8) is 0 Å². The Hall–Kier alpha value is -2.10. The van der Waals surface area contributed by atoms with Crippen LogP contribution in [0.1, 0.15) is 41.1 Å². The molecule has 0 spiro atoms. The maximum Gasteiger partial charge on any atom is 0.271 e. The smallest absolute Gasteiger partial charge is 0.271 e. The Morgan fingerprint density at radius 3 is 2.63 bits per heavy atom. The number of nitrogens with one attached hydrogen (secondary N) is 1. The molecule has 0 aliphatic heterocycles. The van der Waals surface area contributed by atoms with Crippen LogP contribution in [-0.4, -0.2) is 22.7 Å². The molecular weight excluding hydrogens is 238 g/mol.